The molecule has 1 aromatic rings. The first-order valence-corrected chi connectivity index (χ1v) is 7.41. The van der Waals surface area contributed by atoms with Gasteiger partial charge in [0.25, 0.3) is 0 Å². The highest BCUT2D eigenvalue weighted by Gasteiger charge is 2.31. The van der Waals surface area contributed by atoms with Crippen LogP contribution in [-0.4, -0.2) is 30.0 Å². The molecule has 1 N–H and O–H groups in total. The van der Waals surface area contributed by atoms with Crippen LogP contribution >= 0.6 is 0 Å². The standard InChI is InChI=1S/C15H27N3O/c1-11(2)15-14(9-16-7-8-19-4)10-17-18(15)12(3)13-5-6-13/h10-13,16H,5-9H2,1-4H3. The quantitative estimate of drug-likeness (QED) is 0.735. The molecule has 1 unspecified atom stereocenters. The average Bonchev–Trinajstić information content (AvgIpc) is 3.14. The summed E-state index contributed by atoms with van der Waals surface area (Å²) < 4.78 is 7.32. The summed E-state index contributed by atoms with van der Waals surface area (Å²) in [4.78, 5) is 0. The van der Waals surface area contributed by atoms with E-state index >= 15 is 0 Å². The molecule has 1 aromatic heterocycles. The lowest BCUT2D eigenvalue weighted by Gasteiger charge is -2.18. The van der Waals surface area contributed by atoms with Gasteiger partial charge in [-0.05, 0) is 31.6 Å². The Kier molecular flexibility index (Phi) is 4.99. The third-order valence-corrected chi connectivity index (χ3v) is 3.95. The van der Waals surface area contributed by atoms with Gasteiger partial charge in [0.1, 0.15) is 0 Å². The summed E-state index contributed by atoms with van der Waals surface area (Å²) >= 11 is 0. The molecule has 1 saturated carbocycles. The van der Waals surface area contributed by atoms with Gasteiger partial charge in [-0.25, -0.2) is 0 Å². The van der Waals surface area contributed by atoms with Crippen molar-refractivity contribution in [2.45, 2.75) is 52.1 Å². The first-order valence-electron chi connectivity index (χ1n) is 7.41. The lowest BCUT2D eigenvalue weighted by Crippen LogP contribution is -2.20. The number of nitrogens with one attached hydrogen (secondary N) is 1. The Morgan fingerprint density at radius 3 is 2.74 bits per heavy atom. The Balaban J connectivity index is 2.05. The van der Waals surface area contributed by atoms with Crippen molar-refractivity contribution in [3.8, 4) is 0 Å². The molecule has 1 aliphatic carbocycles. The highest BCUT2D eigenvalue weighted by molar-refractivity contribution is 5.22. The molecule has 1 fully saturated rings. The summed E-state index contributed by atoms with van der Waals surface area (Å²) in [5.41, 5.74) is 2.72. The Bertz CT molecular complexity index is 396. The van der Waals surface area contributed by atoms with E-state index in [1.54, 1.807) is 7.11 Å². The maximum atomic E-state index is 5.06. The number of hydrogen-bond acceptors (Lipinski definition) is 3. The zero-order valence-electron chi connectivity index (χ0n) is 12.6. The minimum absolute atomic E-state index is 0.517. The zero-order valence-corrected chi connectivity index (χ0v) is 12.6. The van der Waals surface area contributed by atoms with E-state index in [0.29, 0.717) is 12.0 Å². The molecule has 1 aliphatic rings. The van der Waals surface area contributed by atoms with Crippen LogP contribution in [0.1, 0.15) is 56.8 Å². The van der Waals surface area contributed by atoms with Gasteiger partial charge in [-0.15, -0.1) is 0 Å². The smallest absolute Gasteiger partial charge is 0.0587 e. The van der Waals surface area contributed by atoms with Crippen LogP contribution in [0, 0.1) is 5.92 Å². The van der Waals surface area contributed by atoms with E-state index < -0.39 is 0 Å². The molecule has 108 valence electrons. The molecule has 0 aliphatic heterocycles. The van der Waals surface area contributed by atoms with Crippen molar-refractivity contribution in [3.63, 3.8) is 0 Å². The number of methoxy groups -OCH3 is 1. The van der Waals surface area contributed by atoms with Crippen molar-refractivity contribution in [1.29, 1.82) is 0 Å². The van der Waals surface area contributed by atoms with Gasteiger partial charge >= 0.3 is 0 Å². The van der Waals surface area contributed by atoms with E-state index in [-0.39, 0.29) is 0 Å². The lowest BCUT2D eigenvalue weighted by molar-refractivity contribution is 0.199. The van der Waals surface area contributed by atoms with E-state index in [0.717, 1.165) is 25.6 Å². The van der Waals surface area contributed by atoms with E-state index in [4.69, 9.17) is 4.74 Å². The van der Waals surface area contributed by atoms with Crippen LogP contribution in [0.3, 0.4) is 0 Å². The van der Waals surface area contributed by atoms with Crippen LogP contribution in [0.15, 0.2) is 6.20 Å². The largest absolute Gasteiger partial charge is 0.383 e. The summed E-state index contributed by atoms with van der Waals surface area (Å²) in [5, 5.41) is 8.06. The first-order chi connectivity index (χ1) is 9.15. The van der Waals surface area contributed by atoms with Crippen molar-refractivity contribution in [1.82, 2.24) is 15.1 Å². The van der Waals surface area contributed by atoms with Crippen molar-refractivity contribution in [2.24, 2.45) is 5.92 Å². The molecule has 0 radical (unpaired) electrons. The highest BCUT2D eigenvalue weighted by atomic mass is 16.5. The number of ether oxygens (including phenoxy) is 1. The van der Waals surface area contributed by atoms with Gasteiger partial charge in [-0.1, -0.05) is 13.8 Å². The van der Waals surface area contributed by atoms with E-state index in [1.807, 2.05) is 6.20 Å². The minimum atomic E-state index is 0.517. The highest BCUT2D eigenvalue weighted by Crippen LogP contribution is 2.40. The van der Waals surface area contributed by atoms with Crippen molar-refractivity contribution in [2.75, 3.05) is 20.3 Å². The van der Waals surface area contributed by atoms with Gasteiger partial charge in [0.05, 0.1) is 18.8 Å². The number of rotatable bonds is 8. The monoisotopic (exact) mass is 265 g/mol. The first kappa shape index (κ1) is 14.5. The van der Waals surface area contributed by atoms with Gasteiger partial charge in [-0.3, -0.25) is 4.68 Å². The Morgan fingerprint density at radius 2 is 2.16 bits per heavy atom. The van der Waals surface area contributed by atoms with Crippen LogP contribution in [0.4, 0.5) is 0 Å². The van der Waals surface area contributed by atoms with Gasteiger partial charge in [-0.2, -0.15) is 5.10 Å². The third-order valence-electron chi connectivity index (χ3n) is 3.95. The molecule has 0 spiro atoms. The van der Waals surface area contributed by atoms with Gasteiger partial charge in [0, 0.05) is 31.5 Å². The van der Waals surface area contributed by atoms with Crippen LogP contribution in [0.25, 0.3) is 0 Å². The second-order valence-corrected chi connectivity index (χ2v) is 5.90. The van der Waals surface area contributed by atoms with Crippen molar-refractivity contribution in [3.05, 3.63) is 17.5 Å². The predicted molar refractivity (Wildman–Crippen MR) is 77.3 cm³/mol. The summed E-state index contributed by atoms with van der Waals surface area (Å²) in [6, 6.07) is 0.546. The fraction of sp³-hybridized carbons (Fsp3) is 0.800. The van der Waals surface area contributed by atoms with E-state index in [9.17, 15) is 0 Å². The fourth-order valence-corrected chi connectivity index (χ4v) is 2.68. The number of hydrogen-bond donors (Lipinski definition) is 1. The SMILES string of the molecule is COCCNCc1cnn(C(C)C2CC2)c1C(C)C. The average molecular weight is 265 g/mol. The topological polar surface area (TPSA) is 39.1 Å². The Labute approximate surface area is 116 Å². The second kappa shape index (κ2) is 6.53. The van der Waals surface area contributed by atoms with Crippen LogP contribution in [-0.2, 0) is 11.3 Å². The van der Waals surface area contributed by atoms with Gasteiger partial charge < -0.3 is 10.1 Å². The maximum Gasteiger partial charge on any atom is 0.0587 e. The Hall–Kier alpha value is -0.870. The molecular weight excluding hydrogens is 238 g/mol. The summed E-state index contributed by atoms with van der Waals surface area (Å²) in [7, 11) is 1.73. The molecule has 4 nitrogen and oxygen atoms in total. The molecule has 2 rings (SSSR count). The molecule has 1 heterocycles. The molecular formula is C15H27N3O. The fourth-order valence-electron chi connectivity index (χ4n) is 2.68. The third kappa shape index (κ3) is 3.57. The zero-order chi connectivity index (χ0) is 13.8. The second-order valence-electron chi connectivity index (χ2n) is 5.90. The Morgan fingerprint density at radius 1 is 1.42 bits per heavy atom. The molecule has 19 heavy (non-hydrogen) atoms. The summed E-state index contributed by atoms with van der Waals surface area (Å²) in [6.45, 7) is 9.34. The molecule has 0 saturated heterocycles. The molecule has 1 atom stereocenters. The predicted octanol–water partition coefficient (Wildman–Crippen LogP) is 2.71. The van der Waals surface area contributed by atoms with Crippen LogP contribution in [0.5, 0.6) is 0 Å². The number of aromatic nitrogens is 2. The lowest BCUT2D eigenvalue weighted by atomic mass is 10.0. The molecule has 0 aromatic carbocycles. The van der Waals surface area contributed by atoms with Crippen molar-refractivity contribution >= 4 is 0 Å². The van der Waals surface area contributed by atoms with Crippen molar-refractivity contribution < 1.29 is 4.74 Å². The summed E-state index contributed by atoms with van der Waals surface area (Å²) in [5.74, 6) is 1.36. The normalized spacial score (nSPS) is 17.1. The molecule has 4 heteroatoms. The minimum Gasteiger partial charge on any atom is -0.383 e. The summed E-state index contributed by atoms with van der Waals surface area (Å²) in [6.07, 6.45) is 4.76. The molecule has 0 bridgehead atoms. The van der Waals surface area contributed by atoms with E-state index in [2.05, 4.69) is 35.9 Å². The number of nitrogens with zero attached hydrogens (tertiary/aromatic N) is 2. The van der Waals surface area contributed by atoms with Crippen LogP contribution < -0.4 is 5.32 Å². The van der Waals surface area contributed by atoms with Gasteiger partial charge in [0.2, 0.25) is 0 Å². The van der Waals surface area contributed by atoms with E-state index in [1.165, 1.54) is 24.1 Å². The molecule has 0 amide bonds. The van der Waals surface area contributed by atoms with Gasteiger partial charge in [0.15, 0.2) is 0 Å². The maximum absolute atomic E-state index is 5.06. The van der Waals surface area contributed by atoms with Crippen LogP contribution in [0.2, 0.25) is 0 Å².